The third kappa shape index (κ3) is 3.16. The van der Waals surface area contributed by atoms with Gasteiger partial charge in [0.15, 0.2) is 0 Å². The van der Waals surface area contributed by atoms with Crippen LogP contribution in [0, 0.1) is 29.6 Å². The highest BCUT2D eigenvalue weighted by molar-refractivity contribution is 5.55. The molecule has 1 aromatic rings. The minimum Gasteiger partial charge on any atom is -0.507 e. The zero-order chi connectivity index (χ0) is 23.6. The maximum Gasteiger partial charge on any atom is 0.268 e. The molecule has 2 fully saturated rings. The van der Waals surface area contributed by atoms with Crippen molar-refractivity contribution in [2.75, 3.05) is 0 Å². The normalized spacial score (nSPS) is 35.7. The van der Waals surface area contributed by atoms with E-state index in [2.05, 4.69) is 5.92 Å². The topological polar surface area (TPSA) is 80.9 Å². The second kappa shape index (κ2) is 7.89. The minimum atomic E-state index is -3.23. The van der Waals surface area contributed by atoms with Crippen molar-refractivity contribution in [2.45, 2.75) is 82.0 Å². The van der Waals surface area contributed by atoms with Gasteiger partial charge in [-0.3, -0.25) is 0 Å². The highest BCUT2D eigenvalue weighted by atomic mass is 19.3. The molecular weight excluding hydrogens is 428 g/mol. The molecule has 7 atom stereocenters. The Morgan fingerprint density at radius 1 is 1.06 bits per heavy atom. The zero-order valence-electron chi connectivity index (χ0n) is 17.7. The van der Waals surface area contributed by atoms with Crippen molar-refractivity contribution in [3.8, 4) is 18.1 Å². The fourth-order valence-corrected chi connectivity index (χ4v) is 6.83. The second-order valence-corrected chi connectivity index (χ2v) is 9.77. The largest absolute Gasteiger partial charge is 0.507 e. The van der Waals surface area contributed by atoms with E-state index < -0.39 is 53.0 Å². The summed E-state index contributed by atoms with van der Waals surface area (Å²) in [5.74, 6) is 1.59. The fourth-order valence-electron chi connectivity index (χ4n) is 6.83. The van der Waals surface area contributed by atoms with E-state index in [9.17, 15) is 38.0 Å². The molecule has 0 amide bonds. The summed E-state index contributed by atoms with van der Waals surface area (Å²) >= 11 is 0. The summed E-state index contributed by atoms with van der Waals surface area (Å²) in [4.78, 5) is 0. The van der Waals surface area contributed by atoms with Gasteiger partial charge >= 0.3 is 0 Å². The highest BCUT2D eigenvalue weighted by Gasteiger charge is 2.61. The molecule has 4 N–H and O–H groups in total. The van der Waals surface area contributed by atoms with E-state index in [1.807, 2.05) is 6.92 Å². The summed E-state index contributed by atoms with van der Waals surface area (Å²) in [5, 5.41) is 41.7. The Kier molecular flexibility index (Phi) is 5.76. The lowest BCUT2D eigenvalue weighted by Crippen LogP contribution is -2.50. The average Bonchev–Trinajstić information content (AvgIpc) is 3.03. The van der Waals surface area contributed by atoms with Crippen LogP contribution in [0.3, 0.4) is 0 Å². The molecule has 3 aliphatic carbocycles. The number of terminal acetylenes is 1. The van der Waals surface area contributed by atoms with E-state index in [0.29, 0.717) is 43.2 Å². The Labute approximate surface area is 184 Å². The third-order valence-corrected chi connectivity index (χ3v) is 8.56. The van der Waals surface area contributed by atoms with Gasteiger partial charge in [-0.05, 0) is 73.5 Å². The molecule has 4 nitrogen and oxygen atoms in total. The number of halogens is 4. The molecule has 0 saturated heterocycles. The van der Waals surface area contributed by atoms with Crippen molar-refractivity contribution in [2.24, 2.45) is 17.3 Å². The van der Waals surface area contributed by atoms with Gasteiger partial charge in [-0.15, -0.1) is 6.42 Å². The number of aromatic hydroxyl groups is 1. The molecule has 32 heavy (non-hydrogen) atoms. The van der Waals surface area contributed by atoms with Gasteiger partial charge in [0.2, 0.25) is 0 Å². The van der Waals surface area contributed by atoms with Crippen molar-refractivity contribution in [1.29, 1.82) is 0 Å². The van der Waals surface area contributed by atoms with Crippen molar-refractivity contribution in [3.63, 3.8) is 0 Å². The summed E-state index contributed by atoms with van der Waals surface area (Å²) in [6.07, 6.45) is -2.38. The smallest absolute Gasteiger partial charge is 0.268 e. The van der Waals surface area contributed by atoms with Crippen LogP contribution in [-0.4, -0.2) is 38.9 Å². The molecule has 0 aromatic heterocycles. The number of phenols is 1. The standard InChI is InChI=1S/C24H28F4O4/c1-3-24(32)9-7-16-12-4-5-13-14(11(12)6-8-23(16,24)2)10-15(19(30)21(25)26)18(29)17(13)20(31)22(27)28/h1,10-12,16,19-22,29-32H,4-9H2,2H3. The van der Waals surface area contributed by atoms with Crippen LogP contribution in [0.15, 0.2) is 6.07 Å². The Bertz CT molecular complexity index is 945. The van der Waals surface area contributed by atoms with Crippen LogP contribution >= 0.6 is 0 Å². The molecule has 0 aliphatic heterocycles. The number of aliphatic hydroxyl groups excluding tert-OH is 2. The number of aliphatic hydroxyl groups is 3. The van der Waals surface area contributed by atoms with Gasteiger partial charge in [0, 0.05) is 16.5 Å². The zero-order valence-corrected chi connectivity index (χ0v) is 17.7. The summed E-state index contributed by atoms with van der Waals surface area (Å²) < 4.78 is 53.4. The van der Waals surface area contributed by atoms with Gasteiger partial charge < -0.3 is 20.4 Å². The maximum atomic E-state index is 13.4. The number of phenolic OH excluding ortho intramolecular Hbond substituents is 1. The van der Waals surface area contributed by atoms with E-state index in [1.54, 1.807) is 0 Å². The number of rotatable bonds is 4. The first-order valence-electron chi connectivity index (χ1n) is 11.0. The summed E-state index contributed by atoms with van der Waals surface area (Å²) in [7, 11) is 0. The minimum absolute atomic E-state index is 0.0428. The van der Waals surface area contributed by atoms with E-state index >= 15 is 0 Å². The molecule has 1 aromatic carbocycles. The Morgan fingerprint density at radius 3 is 2.31 bits per heavy atom. The molecule has 0 spiro atoms. The van der Waals surface area contributed by atoms with Gasteiger partial charge in [0.05, 0.1) is 0 Å². The second-order valence-electron chi connectivity index (χ2n) is 9.77. The van der Waals surface area contributed by atoms with Gasteiger partial charge in [-0.1, -0.05) is 12.8 Å². The molecule has 0 heterocycles. The van der Waals surface area contributed by atoms with Crippen LogP contribution in [0.2, 0.25) is 0 Å². The fraction of sp³-hybridized carbons (Fsp3) is 0.667. The molecule has 2 saturated carbocycles. The van der Waals surface area contributed by atoms with E-state index in [-0.39, 0.29) is 24.2 Å². The van der Waals surface area contributed by atoms with E-state index in [1.165, 1.54) is 6.07 Å². The van der Waals surface area contributed by atoms with E-state index in [4.69, 9.17) is 6.42 Å². The lowest BCUT2D eigenvalue weighted by atomic mass is 9.53. The summed E-state index contributed by atoms with van der Waals surface area (Å²) in [5.41, 5.74) is -1.89. The number of alkyl halides is 4. The van der Waals surface area contributed by atoms with Gasteiger partial charge in [0.25, 0.3) is 12.9 Å². The predicted octanol–water partition coefficient (Wildman–Crippen LogP) is 4.21. The Hall–Kier alpha value is -1.82. The van der Waals surface area contributed by atoms with Crippen LogP contribution in [0.1, 0.15) is 79.4 Å². The first-order chi connectivity index (χ1) is 15.0. The first kappa shape index (κ1) is 23.3. The van der Waals surface area contributed by atoms with Crippen molar-refractivity contribution in [1.82, 2.24) is 0 Å². The van der Waals surface area contributed by atoms with Crippen LogP contribution in [0.25, 0.3) is 0 Å². The van der Waals surface area contributed by atoms with Gasteiger partial charge in [-0.2, -0.15) is 0 Å². The van der Waals surface area contributed by atoms with Crippen molar-refractivity contribution in [3.05, 3.63) is 28.3 Å². The lowest BCUT2D eigenvalue weighted by molar-refractivity contribution is -0.0650. The van der Waals surface area contributed by atoms with Gasteiger partial charge in [-0.25, -0.2) is 17.6 Å². The quantitative estimate of drug-likeness (QED) is 0.404. The molecule has 3 aliphatic rings. The van der Waals surface area contributed by atoms with Crippen LogP contribution < -0.4 is 0 Å². The number of hydrogen-bond donors (Lipinski definition) is 4. The number of hydrogen-bond acceptors (Lipinski definition) is 4. The Balaban J connectivity index is 1.84. The summed E-state index contributed by atoms with van der Waals surface area (Å²) in [6.45, 7) is 1.98. The van der Waals surface area contributed by atoms with Crippen LogP contribution in [0.5, 0.6) is 5.75 Å². The summed E-state index contributed by atoms with van der Waals surface area (Å²) in [6, 6.07) is 1.30. The lowest BCUT2D eigenvalue weighted by Gasteiger charge is -2.52. The highest BCUT2D eigenvalue weighted by Crippen LogP contribution is 2.64. The molecule has 0 radical (unpaired) electrons. The Morgan fingerprint density at radius 2 is 1.72 bits per heavy atom. The van der Waals surface area contributed by atoms with Gasteiger partial charge in [0.1, 0.15) is 23.6 Å². The number of benzene rings is 1. The monoisotopic (exact) mass is 456 g/mol. The number of fused-ring (bicyclic) bond motifs is 5. The molecule has 0 bridgehead atoms. The van der Waals surface area contributed by atoms with Crippen LogP contribution in [0.4, 0.5) is 17.6 Å². The van der Waals surface area contributed by atoms with Crippen molar-refractivity contribution >= 4 is 0 Å². The van der Waals surface area contributed by atoms with Crippen LogP contribution in [-0.2, 0) is 6.42 Å². The molecule has 8 heteroatoms. The van der Waals surface area contributed by atoms with E-state index in [0.717, 1.165) is 0 Å². The molecular formula is C24H28F4O4. The molecule has 176 valence electrons. The first-order valence-corrected chi connectivity index (χ1v) is 11.0. The molecule has 4 rings (SSSR count). The predicted molar refractivity (Wildman–Crippen MR) is 108 cm³/mol. The molecule has 7 unspecified atom stereocenters. The SMILES string of the molecule is C#CC1(O)CCC2C3CCc4c(cc(C(O)C(F)F)c(O)c4C(O)C(F)F)C3CCC21C. The maximum absolute atomic E-state index is 13.4. The average molecular weight is 456 g/mol. The van der Waals surface area contributed by atoms with Crippen molar-refractivity contribution < 1.29 is 38.0 Å². The third-order valence-electron chi connectivity index (χ3n) is 8.56.